The Morgan fingerprint density at radius 3 is 2.83 bits per heavy atom. The van der Waals surface area contributed by atoms with Crippen LogP contribution in [0.1, 0.15) is 13.8 Å². The number of carbonyl (C=O) groups excluding carboxylic acids is 1. The summed E-state index contributed by atoms with van der Waals surface area (Å²) in [6.07, 6.45) is 0. The Labute approximate surface area is 106 Å². The molecule has 0 saturated carbocycles. The topological polar surface area (TPSA) is 64.8 Å². The van der Waals surface area contributed by atoms with Crippen LogP contribution < -0.4 is 15.4 Å². The average Bonchev–Trinajstić information content (AvgIpc) is 2.31. The van der Waals surface area contributed by atoms with Crippen LogP contribution in [0.3, 0.4) is 0 Å². The Balaban J connectivity index is 2.43. The van der Waals surface area contributed by atoms with Crippen molar-refractivity contribution < 1.29 is 14.3 Å². The van der Waals surface area contributed by atoms with E-state index in [1.165, 1.54) is 0 Å². The summed E-state index contributed by atoms with van der Waals surface area (Å²) in [6.45, 7) is 4.47. The van der Waals surface area contributed by atoms with Crippen LogP contribution in [0.4, 0.5) is 11.4 Å². The fraction of sp³-hybridized carbons (Fsp3) is 0.462. The predicted molar refractivity (Wildman–Crippen MR) is 69.8 cm³/mol. The fourth-order valence-electron chi connectivity index (χ4n) is 1.99. The SMILES string of the molecule is COCCN1C(=O)C(C)(C)Oc2ccc(N)cc21. The first-order chi connectivity index (χ1) is 8.45. The summed E-state index contributed by atoms with van der Waals surface area (Å²) in [5.74, 6) is 0.586. The number of rotatable bonds is 3. The van der Waals surface area contributed by atoms with Crippen molar-refractivity contribution in [1.82, 2.24) is 0 Å². The summed E-state index contributed by atoms with van der Waals surface area (Å²) in [7, 11) is 1.61. The molecule has 0 aromatic heterocycles. The van der Waals surface area contributed by atoms with Crippen molar-refractivity contribution in [2.24, 2.45) is 0 Å². The zero-order chi connectivity index (χ0) is 13.3. The van der Waals surface area contributed by atoms with Crippen molar-refractivity contribution in [2.75, 3.05) is 30.9 Å². The monoisotopic (exact) mass is 250 g/mol. The average molecular weight is 250 g/mol. The number of benzene rings is 1. The number of anilines is 2. The summed E-state index contributed by atoms with van der Waals surface area (Å²) >= 11 is 0. The molecule has 1 aliphatic heterocycles. The molecule has 0 spiro atoms. The highest BCUT2D eigenvalue weighted by Gasteiger charge is 2.40. The van der Waals surface area contributed by atoms with Crippen LogP contribution in [0.15, 0.2) is 18.2 Å². The molecule has 0 bridgehead atoms. The Hall–Kier alpha value is -1.75. The normalized spacial score (nSPS) is 17.3. The maximum atomic E-state index is 12.3. The second kappa shape index (κ2) is 4.49. The van der Waals surface area contributed by atoms with Crippen LogP contribution in [0.2, 0.25) is 0 Å². The number of carbonyl (C=O) groups is 1. The Kier molecular flexibility index (Phi) is 3.17. The Bertz CT molecular complexity index is 471. The van der Waals surface area contributed by atoms with Crippen molar-refractivity contribution in [3.63, 3.8) is 0 Å². The van der Waals surface area contributed by atoms with Gasteiger partial charge in [-0.2, -0.15) is 0 Å². The second-order valence-corrected chi connectivity index (χ2v) is 4.79. The molecule has 1 amide bonds. The van der Waals surface area contributed by atoms with E-state index in [2.05, 4.69) is 0 Å². The number of amides is 1. The van der Waals surface area contributed by atoms with Crippen molar-refractivity contribution >= 4 is 17.3 Å². The standard InChI is InChI=1S/C13H18N2O3/c1-13(2)12(16)15(6-7-17-3)10-8-9(14)4-5-11(10)18-13/h4-5,8H,6-7,14H2,1-3H3. The molecule has 1 aromatic rings. The highest BCUT2D eigenvalue weighted by Crippen LogP contribution is 2.38. The van der Waals surface area contributed by atoms with Crippen molar-refractivity contribution in [3.05, 3.63) is 18.2 Å². The number of methoxy groups -OCH3 is 1. The first-order valence-electron chi connectivity index (χ1n) is 5.85. The highest BCUT2D eigenvalue weighted by atomic mass is 16.5. The van der Waals surface area contributed by atoms with Crippen molar-refractivity contribution in [1.29, 1.82) is 0 Å². The van der Waals surface area contributed by atoms with Crippen LogP contribution in [0, 0.1) is 0 Å². The third kappa shape index (κ3) is 2.13. The van der Waals surface area contributed by atoms with E-state index in [0.717, 1.165) is 0 Å². The van der Waals surface area contributed by atoms with E-state index >= 15 is 0 Å². The number of nitrogens with zero attached hydrogens (tertiary/aromatic N) is 1. The van der Waals surface area contributed by atoms with Gasteiger partial charge in [-0.3, -0.25) is 4.79 Å². The molecule has 0 aliphatic carbocycles. The zero-order valence-electron chi connectivity index (χ0n) is 10.9. The van der Waals surface area contributed by atoms with E-state index in [0.29, 0.717) is 30.3 Å². The number of nitrogen functional groups attached to an aromatic ring is 1. The van der Waals surface area contributed by atoms with E-state index in [9.17, 15) is 4.79 Å². The van der Waals surface area contributed by atoms with Gasteiger partial charge in [-0.05, 0) is 32.0 Å². The van der Waals surface area contributed by atoms with Gasteiger partial charge in [0, 0.05) is 19.3 Å². The number of fused-ring (bicyclic) bond motifs is 1. The molecule has 5 nitrogen and oxygen atoms in total. The molecule has 2 N–H and O–H groups in total. The molecular weight excluding hydrogens is 232 g/mol. The van der Waals surface area contributed by atoms with E-state index in [1.807, 2.05) is 0 Å². The van der Waals surface area contributed by atoms with E-state index < -0.39 is 5.60 Å². The molecule has 0 atom stereocenters. The summed E-state index contributed by atoms with van der Waals surface area (Å²) < 4.78 is 10.7. The lowest BCUT2D eigenvalue weighted by Gasteiger charge is -2.38. The molecule has 0 unspecified atom stereocenters. The van der Waals surface area contributed by atoms with Gasteiger partial charge < -0.3 is 20.1 Å². The van der Waals surface area contributed by atoms with Gasteiger partial charge >= 0.3 is 0 Å². The number of nitrogens with two attached hydrogens (primary N) is 1. The van der Waals surface area contributed by atoms with Crippen LogP contribution in [0.25, 0.3) is 0 Å². The molecule has 1 heterocycles. The molecule has 0 fully saturated rings. The third-order valence-corrected chi connectivity index (χ3v) is 2.92. The lowest BCUT2D eigenvalue weighted by atomic mass is 10.0. The minimum Gasteiger partial charge on any atom is -0.476 e. The lowest BCUT2D eigenvalue weighted by Crippen LogP contribution is -2.53. The smallest absolute Gasteiger partial charge is 0.270 e. The second-order valence-electron chi connectivity index (χ2n) is 4.79. The maximum absolute atomic E-state index is 12.3. The van der Waals surface area contributed by atoms with Gasteiger partial charge in [-0.15, -0.1) is 0 Å². The molecule has 0 saturated heterocycles. The van der Waals surface area contributed by atoms with Crippen LogP contribution >= 0.6 is 0 Å². The van der Waals surface area contributed by atoms with Gasteiger partial charge in [0.15, 0.2) is 5.60 Å². The first kappa shape index (κ1) is 12.7. The summed E-state index contributed by atoms with van der Waals surface area (Å²) in [4.78, 5) is 14.0. The number of hydrogen-bond acceptors (Lipinski definition) is 4. The molecule has 98 valence electrons. The highest BCUT2D eigenvalue weighted by molar-refractivity contribution is 6.02. The predicted octanol–water partition coefficient (Wildman–Crippen LogP) is 1.42. The first-order valence-corrected chi connectivity index (χ1v) is 5.85. The van der Waals surface area contributed by atoms with Crippen LogP contribution in [-0.2, 0) is 9.53 Å². The fourth-order valence-corrected chi connectivity index (χ4v) is 1.99. The minimum atomic E-state index is -0.864. The van der Waals surface area contributed by atoms with E-state index in [4.69, 9.17) is 15.2 Å². The quantitative estimate of drug-likeness (QED) is 0.824. The van der Waals surface area contributed by atoms with Gasteiger partial charge in [0.25, 0.3) is 5.91 Å². The number of ether oxygens (including phenoxy) is 2. The van der Waals surface area contributed by atoms with E-state index in [-0.39, 0.29) is 5.91 Å². The summed E-state index contributed by atoms with van der Waals surface area (Å²) in [5.41, 5.74) is 6.21. The number of hydrogen-bond donors (Lipinski definition) is 1. The zero-order valence-corrected chi connectivity index (χ0v) is 10.9. The molecule has 0 radical (unpaired) electrons. The minimum absolute atomic E-state index is 0.0855. The lowest BCUT2D eigenvalue weighted by molar-refractivity contribution is -0.132. The molecule has 1 aromatic carbocycles. The van der Waals surface area contributed by atoms with Gasteiger partial charge in [0.05, 0.1) is 12.3 Å². The molecule has 18 heavy (non-hydrogen) atoms. The third-order valence-electron chi connectivity index (χ3n) is 2.92. The van der Waals surface area contributed by atoms with Gasteiger partial charge in [-0.1, -0.05) is 0 Å². The molecule has 5 heteroatoms. The molecule has 2 rings (SSSR count). The largest absolute Gasteiger partial charge is 0.476 e. The van der Waals surface area contributed by atoms with Gasteiger partial charge in [0.1, 0.15) is 5.75 Å². The maximum Gasteiger partial charge on any atom is 0.270 e. The van der Waals surface area contributed by atoms with Gasteiger partial charge in [0.2, 0.25) is 0 Å². The molecular formula is C13H18N2O3. The van der Waals surface area contributed by atoms with Crippen LogP contribution in [-0.4, -0.2) is 31.8 Å². The Morgan fingerprint density at radius 1 is 1.44 bits per heavy atom. The Morgan fingerprint density at radius 2 is 2.17 bits per heavy atom. The van der Waals surface area contributed by atoms with Gasteiger partial charge in [-0.25, -0.2) is 0 Å². The van der Waals surface area contributed by atoms with E-state index in [1.54, 1.807) is 44.1 Å². The van der Waals surface area contributed by atoms with Crippen molar-refractivity contribution in [3.8, 4) is 5.75 Å². The molecule has 1 aliphatic rings. The van der Waals surface area contributed by atoms with Crippen molar-refractivity contribution in [2.45, 2.75) is 19.4 Å². The van der Waals surface area contributed by atoms with Crippen LogP contribution in [0.5, 0.6) is 5.75 Å². The summed E-state index contributed by atoms with van der Waals surface area (Å²) in [6, 6.07) is 5.30. The summed E-state index contributed by atoms with van der Waals surface area (Å²) in [5, 5.41) is 0.